The number of rotatable bonds is 10. The first kappa shape index (κ1) is 15.8. The van der Waals surface area contributed by atoms with Gasteiger partial charge in [-0.1, -0.05) is 45.4 Å². The number of unbranched alkanes of at least 4 members (excludes halogenated alkanes) is 6. The SMILES string of the molecule is CCCCCCCCCC(=O)N(C)CCCl. The van der Waals surface area contributed by atoms with Gasteiger partial charge in [-0.05, 0) is 6.42 Å². The molecule has 0 aliphatic heterocycles. The average molecular weight is 248 g/mol. The lowest BCUT2D eigenvalue weighted by Gasteiger charge is -2.15. The molecule has 0 saturated heterocycles. The molecule has 0 unspecified atom stereocenters. The van der Waals surface area contributed by atoms with Gasteiger partial charge >= 0.3 is 0 Å². The normalized spacial score (nSPS) is 10.4. The number of carbonyl (C=O) groups is 1. The molecular formula is C13H26ClNO. The largest absolute Gasteiger partial charge is 0.345 e. The molecule has 1 amide bonds. The lowest BCUT2D eigenvalue weighted by atomic mass is 10.1. The zero-order valence-corrected chi connectivity index (χ0v) is 11.6. The molecule has 0 rings (SSSR count). The molecule has 0 heterocycles. The van der Waals surface area contributed by atoms with E-state index in [-0.39, 0.29) is 5.91 Å². The molecule has 0 fully saturated rings. The van der Waals surface area contributed by atoms with Crippen molar-refractivity contribution < 1.29 is 4.79 Å². The van der Waals surface area contributed by atoms with Crippen molar-refractivity contribution >= 4 is 17.5 Å². The summed E-state index contributed by atoms with van der Waals surface area (Å²) in [6.07, 6.45) is 9.46. The quantitative estimate of drug-likeness (QED) is 0.425. The molecule has 0 aromatic rings. The number of amides is 1. The Balaban J connectivity index is 3.27. The van der Waals surface area contributed by atoms with Crippen LogP contribution in [0.3, 0.4) is 0 Å². The number of hydrogen-bond donors (Lipinski definition) is 0. The van der Waals surface area contributed by atoms with E-state index in [4.69, 9.17) is 11.6 Å². The Morgan fingerprint density at radius 2 is 1.62 bits per heavy atom. The molecule has 0 aliphatic carbocycles. The van der Waals surface area contributed by atoms with Crippen LogP contribution in [-0.2, 0) is 4.79 Å². The summed E-state index contributed by atoms with van der Waals surface area (Å²) < 4.78 is 0. The smallest absolute Gasteiger partial charge is 0.222 e. The zero-order chi connectivity index (χ0) is 12.2. The Morgan fingerprint density at radius 3 is 2.19 bits per heavy atom. The first-order chi connectivity index (χ1) is 7.72. The molecule has 96 valence electrons. The van der Waals surface area contributed by atoms with Gasteiger partial charge in [0, 0.05) is 25.9 Å². The van der Waals surface area contributed by atoms with E-state index in [1.54, 1.807) is 4.90 Å². The highest BCUT2D eigenvalue weighted by Gasteiger charge is 2.06. The maximum Gasteiger partial charge on any atom is 0.222 e. The van der Waals surface area contributed by atoms with Crippen molar-refractivity contribution in [1.82, 2.24) is 4.90 Å². The summed E-state index contributed by atoms with van der Waals surface area (Å²) in [6, 6.07) is 0. The van der Waals surface area contributed by atoms with Crippen LogP contribution < -0.4 is 0 Å². The summed E-state index contributed by atoms with van der Waals surface area (Å²) in [5, 5.41) is 0. The molecule has 16 heavy (non-hydrogen) atoms. The Hall–Kier alpha value is -0.240. The summed E-state index contributed by atoms with van der Waals surface area (Å²) >= 11 is 5.58. The van der Waals surface area contributed by atoms with Crippen LogP contribution in [0.1, 0.15) is 58.3 Å². The highest BCUT2D eigenvalue weighted by Crippen LogP contribution is 2.09. The third kappa shape index (κ3) is 9.02. The Labute approximate surface area is 105 Å². The molecular weight excluding hydrogens is 222 g/mol. The lowest BCUT2D eigenvalue weighted by Crippen LogP contribution is -2.28. The average Bonchev–Trinajstić information content (AvgIpc) is 2.28. The van der Waals surface area contributed by atoms with E-state index in [1.807, 2.05) is 7.05 Å². The van der Waals surface area contributed by atoms with Crippen LogP contribution in [0.15, 0.2) is 0 Å². The van der Waals surface area contributed by atoms with Crippen molar-refractivity contribution in [3.63, 3.8) is 0 Å². The van der Waals surface area contributed by atoms with Crippen molar-refractivity contribution in [3.8, 4) is 0 Å². The highest BCUT2D eigenvalue weighted by atomic mass is 35.5. The molecule has 0 aromatic heterocycles. The van der Waals surface area contributed by atoms with Crippen molar-refractivity contribution in [2.75, 3.05) is 19.5 Å². The highest BCUT2D eigenvalue weighted by molar-refractivity contribution is 6.18. The molecule has 0 bridgehead atoms. The van der Waals surface area contributed by atoms with Crippen molar-refractivity contribution in [2.45, 2.75) is 58.3 Å². The van der Waals surface area contributed by atoms with Crippen molar-refractivity contribution in [3.05, 3.63) is 0 Å². The first-order valence-corrected chi connectivity index (χ1v) is 7.05. The second kappa shape index (κ2) is 11.3. The fourth-order valence-electron chi connectivity index (χ4n) is 1.68. The van der Waals surface area contributed by atoms with Gasteiger partial charge in [0.15, 0.2) is 0 Å². The number of nitrogens with zero attached hydrogens (tertiary/aromatic N) is 1. The minimum atomic E-state index is 0.231. The van der Waals surface area contributed by atoms with Gasteiger partial charge in [0.05, 0.1) is 0 Å². The summed E-state index contributed by atoms with van der Waals surface area (Å²) in [5.74, 6) is 0.758. The number of halogens is 1. The molecule has 0 radical (unpaired) electrons. The predicted octanol–water partition coefficient (Wildman–Crippen LogP) is 3.82. The predicted molar refractivity (Wildman–Crippen MR) is 71.0 cm³/mol. The van der Waals surface area contributed by atoms with Gasteiger partial charge in [0.2, 0.25) is 5.91 Å². The second-order valence-electron chi connectivity index (χ2n) is 4.38. The Morgan fingerprint density at radius 1 is 1.06 bits per heavy atom. The van der Waals surface area contributed by atoms with Crippen LogP contribution in [-0.4, -0.2) is 30.3 Å². The van der Waals surface area contributed by atoms with Crippen LogP contribution >= 0.6 is 11.6 Å². The topological polar surface area (TPSA) is 20.3 Å². The van der Waals surface area contributed by atoms with E-state index >= 15 is 0 Å². The van der Waals surface area contributed by atoms with E-state index in [0.29, 0.717) is 18.8 Å². The molecule has 0 aromatic carbocycles. The summed E-state index contributed by atoms with van der Waals surface area (Å²) in [4.78, 5) is 13.3. The molecule has 0 atom stereocenters. The van der Waals surface area contributed by atoms with Gasteiger partial charge in [-0.15, -0.1) is 11.6 Å². The van der Waals surface area contributed by atoms with Gasteiger partial charge in [-0.3, -0.25) is 4.79 Å². The maximum absolute atomic E-state index is 11.5. The molecule has 0 spiro atoms. The Bertz CT molecular complexity index is 173. The summed E-state index contributed by atoms with van der Waals surface area (Å²) in [7, 11) is 1.83. The number of carbonyl (C=O) groups excluding carboxylic acids is 1. The standard InChI is InChI=1S/C13H26ClNO/c1-3-4-5-6-7-8-9-10-13(16)15(2)12-11-14/h3-12H2,1-2H3. The first-order valence-electron chi connectivity index (χ1n) is 6.52. The fraction of sp³-hybridized carbons (Fsp3) is 0.923. The second-order valence-corrected chi connectivity index (χ2v) is 4.75. The van der Waals surface area contributed by atoms with Crippen LogP contribution in [0.5, 0.6) is 0 Å². The minimum Gasteiger partial charge on any atom is -0.345 e. The van der Waals surface area contributed by atoms with E-state index in [2.05, 4.69) is 6.92 Å². The van der Waals surface area contributed by atoms with Crippen LogP contribution in [0, 0.1) is 0 Å². The van der Waals surface area contributed by atoms with E-state index in [1.165, 1.54) is 38.5 Å². The van der Waals surface area contributed by atoms with E-state index in [9.17, 15) is 4.79 Å². The van der Waals surface area contributed by atoms with E-state index in [0.717, 1.165) is 6.42 Å². The van der Waals surface area contributed by atoms with Gasteiger partial charge in [-0.2, -0.15) is 0 Å². The van der Waals surface area contributed by atoms with Crippen LogP contribution in [0.25, 0.3) is 0 Å². The molecule has 2 nitrogen and oxygen atoms in total. The maximum atomic E-state index is 11.5. The number of alkyl halides is 1. The molecule has 0 aliphatic rings. The monoisotopic (exact) mass is 247 g/mol. The third-order valence-electron chi connectivity index (χ3n) is 2.84. The molecule has 3 heteroatoms. The van der Waals surface area contributed by atoms with Crippen molar-refractivity contribution in [1.29, 1.82) is 0 Å². The lowest BCUT2D eigenvalue weighted by molar-refractivity contribution is -0.129. The van der Waals surface area contributed by atoms with Crippen LogP contribution in [0.2, 0.25) is 0 Å². The van der Waals surface area contributed by atoms with Crippen LogP contribution in [0.4, 0.5) is 0 Å². The van der Waals surface area contributed by atoms with E-state index < -0.39 is 0 Å². The summed E-state index contributed by atoms with van der Waals surface area (Å²) in [5.41, 5.74) is 0. The van der Waals surface area contributed by atoms with Gasteiger partial charge < -0.3 is 4.90 Å². The molecule has 0 saturated carbocycles. The van der Waals surface area contributed by atoms with Gasteiger partial charge in [-0.25, -0.2) is 0 Å². The van der Waals surface area contributed by atoms with Gasteiger partial charge in [0.25, 0.3) is 0 Å². The zero-order valence-electron chi connectivity index (χ0n) is 10.8. The van der Waals surface area contributed by atoms with Crippen molar-refractivity contribution in [2.24, 2.45) is 0 Å². The fourth-order valence-corrected chi connectivity index (χ4v) is 1.93. The summed E-state index contributed by atoms with van der Waals surface area (Å²) in [6.45, 7) is 2.89. The Kier molecular flexibility index (Phi) is 11.1. The third-order valence-corrected chi connectivity index (χ3v) is 3.01. The minimum absolute atomic E-state index is 0.231. The number of hydrogen-bond acceptors (Lipinski definition) is 1. The molecule has 0 N–H and O–H groups in total. The van der Waals surface area contributed by atoms with Gasteiger partial charge in [0.1, 0.15) is 0 Å².